The van der Waals surface area contributed by atoms with E-state index in [0.717, 1.165) is 31.1 Å². The summed E-state index contributed by atoms with van der Waals surface area (Å²) < 4.78 is 0. The molecule has 2 heterocycles. The minimum atomic E-state index is -0.0720. The van der Waals surface area contributed by atoms with Gasteiger partial charge in [-0.3, -0.25) is 4.79 Å². The predicted molar refractivity (Wildman–Crippen MR) is 86.0 cm³/mol. The van der Waals surface area contributed by atoms with Crippen LogP contribution in [0.1, 0.15) is 28.8 Å². The summed E-state index contributed by atoms with van der Waals surface area (Å²) in [5.74, 6) is -0.0720. The molecular weight excluding hydrogens is 296 g/mol. The highest BCUT2D eigenvalue weighted by Gasteiger charge is 2.22. The van der Waals surface area contributed by atoms with Crippen LogP contribution >= 0.6 is 11.3 Å². The molecule has 3 rings (SSSR count). The number of amides is 1. The Bertz CT molecular complexity index is 667. The maximum absolute atomic E-state index is 12.2. The monoisotopic (exact) mass is 312 g/mol. The van der Waals surface area contributed by atoms with Gasteiger partial charge in [-0.1, -0.05) is 0 Å². The number of piperidine rings is 1. The maximum Gasteiger partial charge on any atom is 0.251 e. The van der Waals surface area contributed by atoms with E-state index >= 15 is 0 Å². The molecule has 0 atom stereocenters. The Morgan fingerprint density at radius 1 is 1.32 bits per heavy atom. The molecule has 112 valence electrons. The number of carbonyl (C=O) groups excluding carboxylic acids is 1. The Morgan fingerprint density at radius 3 is 2.64 bits per heavy atom. The first-order valence-corrected chi connectivity index (χ1v) is 8.09. The number of thiazole rings is 1. The van der Waals surface area contributed by atoms with Gasteiger partial charge in [0.2, 0.25) is 0 Å². The van der Waals surface area contributed by atoms with Crippen molar-refractivity contribution in [3.8, 4) is 6.07 Å². The molecule has 1 fully saturated rings. The normalized spacial score (nSPS) is 15.3. The van der Waals surface area contributed by atoms with Gasteiger partial charge >= 0.3 is 0 Å². The zero-order valence-corrected chi connectivity index (χ0v) is 12.8. The molecule has 2 aromatic rings. The van der Waals surface area contributed by atoms with Crippen molar-refractivity contribution in [1.82, 2.24) is 10.3 Å². The van der Waals surface area contributed by atoms with Gasteiger partial charge in [-0.2, -0.15) is 5.26 Å². The first-order valence-electron chi connectivity index (χ1n) is 7.22. The number of hydrogen-bond donors (Lipinski definition) is 1. The summed E-state index contributed by atoms with van der Waals surface area (Å²) in [6, 6.07) is 8.96. The molecule has 22 heavy (non-hydrogen) atoms. The number of anilines is 1. The minimum absolute atomic E-state index is 0.0720. The number of benzene rings is 1. The second-order valence-corrected chi connectivity index (χ2v) is 6.11. The molecule has 1 aliphatic heterocycles. The molecule has 1 aliphatic rings. The molecule has 0 bridgehead atoms. The van der Waals surface area contributed by atoms with Gasteiger partial charge in [0.1, 0.15) is 0 Å². The lowest BCUT2D eigenvalue weighted by atomic mass is 10.0. The van der Waals surface area contributed by atoms with Crippen LogP contribution in [0.2, 0.25) is 0 Å². The lowest BCUT2D eigenvalue weighted by Gasteiger charge is -2.32. The van der Waals surface area contributed by atoms with Crippen LogP contribution in [-0.2, 0) is 0 Å². The van der Waals surface area contributed by atoms with Gasteiger partial charge in [0.25, 0.3) is 5.91 Å². The van der Waals surface area contributed by atoms with Crippen molar-refractivity contribution in [2.75, 3.05) is 18.0 Å². The number of nitriles is 1. The third-order valence-electron chi connectivity index (χ3n) is 3.80. The molecule has 5 nitrogen and oxygen atoms in total. The fourth-order valence-electron chi connectivity index (χ4n) is 2.55. The molecule has 1 N–H and O–H groups in total. The fourth-order valence-corrected chi connectivity index (χ4v) is 3.25. The van der Waals surface area contributed by atoms with E-state index in [0.29, 0.717) is 11.1 Å². The van der Waals surface area contributed by atoms with Gasteiger partial charge in [0.15, 0.2) is 5.13 Å². The van der Waals surface area contributed by atoms with Gasteiger partial charge in [0, 0.05) is 36.3 Å². The summed E-state index contributed by atoms with van der Waals surface area (Å²) in [7, 11) is 0. The predicted octanol–water partition coefficient (Wildman–Crippen LogP) is 2.41. The van der Waals surface area contributed by atoms with Crippen LogP contribution < -0.4 is 10.2 Å². The Hall–Kier alpha value is -2.39. The number of nitrogens with one attached hydrogen (secondary N) is 1. The first kappa shape index (κ1) is 14.5. The van der Waals surface area contributed by atoms with Gasteiger partial charge in [0.05, 0.1) is 11.6 Å². The van der Waals surface area contributed by atoms with E-state index in [4.69, 9.17) is 5.26 Å². The largest absolute Gasteiger partial charge is 0.349 e. The molecular formula is C16H16N4OS. The minimum Gasteiger partial charge on any atom is -0.349 e. The van der Waals surface area contributed by atoms with Crippen LogP contribution in [0.25, 0.3) is 0 Å². The van der Waals surface area contributed by atoms with Crippen LogP contribution in [-0.4, -0.2) is 30.0 Å². The van der Waals surface area contributed by atoms with E-state index < -0.39 is 0 Å². The lowest BCUT2D eigenvalue weighted by molar-refractivity contribution is 0.0931. The number of rotatable bonds is 3. The average molecular weight is 312 g/mol. The van der Waals surface area contributed by atoms with Crippen molar-refractivity contribution < 1.29 is 4.79 Å². The van der Waals surface area contributed by atoms with E-state index in [-0.39, 0.29) is 11.9 Å². The van der Waals surface area contributed by atoms with E-state index in [1.807, 2.05) is 11.6 Å². The Labute approximate surface area is 133 Å². The molecule has 0 unspecified atom stereocenters. The van der Waals surface area contributed by atoms with Crippen molar-refractivity contribution in [2.24, 2.45) is 0 Å². The van der Waals surface area contributed by atoms with E-state index in [1.165, 1.54) is 0 Å². The molecule has 1 saturated heterocycles. The molecule has 0 aliphatic carbocycles. The summed E-state index contributed by atoms with van der Waals surface area (Å²) in [6.45, 7) is 1.82. The van der Waals surface area contributed by atoms with E-state index in [1.54, 1.807) is 35.6 Å². The zero-order valence-electron chi connectivity index (χ0n) is 12.0. The van der Waals surface area contributed by atoms with Gasteiger partial charge in [-0.15, -0.1) is 11.3 Å². The van der Waals surface area contributed by atoms with Crippen molar-refractivity contribution >= 4 is 22.4 Å². The van der Waals surface area contributed by atoms with Crippen molar-refractivity contribution in [3.05, 3.63) is 47.0 Å². The van der Waals surface area contributed by atoms with Gasteiger partial charge < -0.3 is 10.2 Å². The number of nitrogens with zero attached hydrogens (tertiary/aromatic N) is 3. The van der Waals surface area contributed by atoms with Crippen LogP contribution in [0.5, 0.6) is 0 Å². The van der Waals surface area contributed by atoms with Crippen LogP contribution in [0.15, 0.2) is 35.8 Å². The van der Waals surface area contributed by atoms with E-state index in [2.05, 4.69) is 21.3 Å². The summed E-state index contributed by atoms with van der Waals surface area (Å²) in [5.41, 5.74) is 1.16. The SMILES string of the molecule is N#Cc1ccc(C(=O)NC2CCN(c3nccs3)CC2)cc1. The topological polar surface area (TPSA) is 69.0 Å². The molecule has 0 spiro atoms. The molecule has 1 aromatic heterocycles. The third kappa shape index (κ3) is 3.26. The molecule has 1 amide bonds. The zero-order chi connectivity index (χ0) is 15.4. The van der Waals surface area contributed by atoms with Crippen LogP contribution in [0.3, 0.4) is 0 Å². The van der Waals surface area contributed by atoms with Gasteiger partial charge in [-0.05, 0) is 37.1 Å². The highest BCUT2D eigenvalue weighted by Crippen LogP contribution is 2.22. The number of aromatic nitrogens is 1. The third-order valence-corrected chi connectivity index (χ3v) is 4.63. The summed E-state index contributed by atoms with van der Waals surface area (Å²) in [4.78, 5) is 18.8. The number of carbonyl (C=O) groups is 1. The summed E-state index contributed by atoms with van der Waals surface area (Å²) in [6.07, 6.45) is 3.65. The Kier molecular flexibility index (Phi) is 4.35. The van der Waals surface area contributed by atoms with Crippen molar-refractivity contribution in [1.29, 1.82) is 5.26 Å². The highest BCUT2D eigenvalue weighted by molar-refractivity contribution is 7.13. The summed E-state index contributed by atoms with van der Waals surface area (Å²) in [5, 5.41) is 14.9. The first-order chi connectivity index (χ1) is 10.8. The average Bonchev–Trinajstić information content (AvgIpc) is 3.10. The maximum atomic E-state index is 12.2. The molecule has 1 aromatic carbocycles. The highest BCUT2D eigenvalue weighted by atomic mass is 32.1. The number of hydrogen-bond acceptors (Lipinski definition) is 5. The standard InChI is InChI=1S/C16H16N4OS/c17-11-12-1-3-13(4-2-12)15(21)19-14-5-8-20(9-6-14)16-18-7-10-22-16/h1-4,7,10,14H,5-6,8-9H2,(H,19,21). The lowest BCUT2D eigenvalue weighted by Crippen LogP contribution is -2.44. The molecule has 0 saturated carbocycles. The summed E-state index contributed by atoms with van der Waals surface area (Å²) >= 11 is 1.65. The molecule has 6 heteroatoms. The van der Waals surface area contributed by atoms with Crippen LogP contribution in [0, 0.1) is 11.3 Å². The van der Waals surface area contributed by atoms with Gasteiger partial charge in [-0.25, -0.2) is 4.98 Å². The quantitative estimate of drug-likeness (QED) is 0.945. The van der Waals surface area contributed by atoms with Crippen molar-refractivity contribution in [2.45, 2.75) is 18.9 Å². The smallest absolute Gasteiger partial charge is 0.251 e. The van der Waals surface area contributed by atoms with E-state index in [9.17, 15) is 4.79 Å². The fraction of sp³-hybridized carbons (Fsp3) is 0.312. The second kappa shape index (κ2) is 6.58. The second-order valence-electron chi connectivity index (χ2n) is 5.24. The molecule has 0 radical (unpaired) electrons. The Morgan fingerprint density at radius 2 is 2.05 bits per heavy atom. The van der Waals surface area contributed by atoms with Crippen molar-refractivity contribution in [3.63, 3.8) is 0 Å². The Balaban J connectivity index is 1.53. The van der Waals surface area contributed by atoms with Crippen LogP contribution in [0.4, 0.5) is 5.13 Å².